The molecule has 2 N–H and O–H groups in total. The molecule has 2 heterocycles. The number of aliphatic hydroxyl groups is 1. The molecule has 0 saturated heterocycles. The zero-order chi connectivity index (χ0) is 17.2. The van der Waals surface area contributed by atoms with Gasteiger partial charge in [-0.3, -0.25) is 9.48 Å². The van der Waals surface area contributed by atoms with Crippen molar-refractivity contribution in [3.05, 3.63) is 41.6 Å². The fourth-order valence-electron chi connectivity index (χ4n) is 2.38. The molecule has 2 aromatic rings. The van der Waals surface area contributed by atoms with Crippen molar-refractivity contribution in [1.29, 1.82) is 0 Å². The van der Waals surface area contributed by atoms with Crippen LogP contribution in [0.5, 0.6) is 0 Å². The van der Waals surface area contributed by atoms with Crippen molar-refractivity contribution < 1.29 is 14.3 Å². The predicted molar refractivity (Wildman–Crippen MR) is 87.3 cm³/mol. The topological polar surface area (TPSA) is 80.3 Å². The van der Waals surface area contributed by atoms with Crippen LogP contribution in [0.25, 0.3) is 0 Å². The number of carbonyl (C=O) groups excluding carboxylic acids is 1. The molecule has 126 valence electrons. The predicted octanol–water partition coefficient (Wildman–Crippen LogP) is 2.82. The van der Waals surface area contributed by atoms with Gasteiger partial charge in [0, 0.05) is 5.69 Å². The Bertz CT molecular complexity index is 651. The van der Waals surface area contributed by atoms with Crippen LogP contribution in [0.1, 0.15) is 68.5 Å². The Kier molecular flexibility index (Phi) is 4.94. The summed E-state index contributed by atoms with van der Waals surface area (Å²) in [5.74, 6) is 0.438. The highest BCUT2D eigenvalue weighted by atomic mass is 16.3. The van der Waals surface area contributed by atoms with Crippen molar-refractivity contribution in [2.75, 3.05) is 6.61 Å². The van der Waals surface area contributed by atoms with E-state index in [2.05, 4.69) is 24.3 Å². The fraction of sp³-hybridized carbons (Fsp3) is 0.529. The summed E-state index contributed by atoms with van der Waals surface area (Å²) in [4.78, 5) is 12.5. The maximum Gasteiger partial charge on any atom is 0.272 e. The van der Waals surface area contributed by atoms with Crippen LogP contribution in [0.15, 0.2) is 28.9 Å². The molecule has 6 nitrogen and oxygen atoms in total. The molecule has 0 bridgehead atoms. The number of hydrogen-bond donors (Lipinski definition) is 2. The quantitative estimate of drug-likeness (QED) is 0.888. The number of nitrogens with zero attached hydrogens (tertiary/aromatic N) is 2. The van der Waals surface area contributed by atoms with E-state index in [1.54, 1.807) is 12.1 Å². The van der Waals surface area contributed by atoms with Crippen LogP contribution in [0.4, 0.5) is 0 Å². The summed E-state index contributed by atoms with van der Waals surface area (Å²) < 4.78 is 7.13. The van der Waals surface area contributed by atoms with Crippen LogP contribution in [0, 0.1) is 0 Å². The molecule has 2 aromatic heterocycles. The van der Waals surface area contributed by atoms with Gasteiger partial charge in [-0.25, -0.2) is 0 Å². The highest BCUT2D eigenvalue weighted by molar-refractivity contribution is 5.92. The first-order chi connectivity index (χ1) is 10.7. The zero-order valence-electron chi connectivity index (χ0n) is 14.3. The zero-order valence-corrected chi connectivity index (χ0v) is 14.3. The summed E-state index contributed by atoms with van der Waals surface area (Å²) in [6.45, 7) is 10.0. The fourth-order valence-corrected chi connectivity index (χ4v) is 2.38. The molecular weight excluding hydrogens is 294 g/mol. The molecule has 0 spiro atoms. The van der Waals surface area contributed by atoms with Crippen LogP contribution in [0.2, 0.25) is 0 Å². The second-order valence-electron chi connectivity index (χ2n) is 6.92. The highest BCUT2D eigenvalue weighted by Crippen LogP contribution is 2.24. The first kappa shape index (κ1) is 17.3. The molecule has 0 radical (unpaired) electrons. The van der Waals surface area contributed by atoms with Gasteiger partial charge in [0.25, 0.3) is 5.91 Å². The van der Waals surface area contributed by atoms with Gasteiger partial charge in [0.05, 0.1) is 18.4 Å². The lowest BCUT2D eigenvalue weighted by atomic mass is 10.1. The van der Waals surface area contributed by atoms with Gasteiger partial charge in [-0.05, 0) is 44.9 Å². The van der Waals surface area contributed by atoms with Gasteiger partial charge in [0.1, 0.15) is 17.5 Å². The number of furan rings is 1. The van der Waals surface area contributed by atoms with Gasteiger partial charge >= 0.3 is 0 Å². The minimum atomic E-state index is -0.584. The third kappa shape index (κ3) is 3.82. The van der Waals surface area contributed by atoms with Gasteiger partial charge in [-0.15, -0.1) is 0 Å². The molecule has 0 fully saturated rings. The molecule has 0 aliphatic carbocycles. The lowest BCUT2D eigenvalue weighted by molar-refractivity contribution is 0.0900. The van der Waals surface area contributed by atoms with Crippen LogP contribution in [0.3, 0.4) is 0 Å². The third-order valence-electron chi connectivity index (χ3n) is 3.57. The lowest BCUT2D eigenvalue weighted by Crippen LogP contribution is -2.31. The monoisotopic (exact) mass is 319 g/mol. The lowest BCUT2D eigenvalue weighted by Gasteiger charge is -2.23. The minimum absolute atomic E-state index is 0.213. The van der Waals surface area contributed by atoms with Gasteiger partial charge < -0.3 is 14.8 Å². The summed E-state index contributed by atoms with van der Waals surface area (Å²) in [5.41, 5.74) is 1.13. The summed E-state index contributed by atoms with van der Waals surface area (Å²) in [6.07, 6.45) is 1.51. The SMILES string of the molecule is CC(C)c1cc(C(=O)NC(CO)c2ccco2)nn1C(C)(C)C. The number of amides is 1. The largest absolute Gasteiger partial charge is 0.467 e. The van der Waals surface area contributed by atoms with E-state index in [4.69, 9.17) is 4.42 Å². The van der Waals surface area contributed by atoms with E-state index in [0.29, 0.717) is 11.5 Å². The van der Waals surface area contributed by atoms with E-state index in [1.165, 1.54) is 6.26 Å². The Morgan fingerprint density at radius 1 is 1.43 bits per heavy atom. The van der Waals surface area contributed by atoms with Crippen molar-refractivity contribution in [3.63, 3.8) is 0 Å². The van der Waals surface area contributed by atoms with E-state index in [9.17, 15) is 9.90 Å². The molecule has 1 unspecified atom stereocenters. The Morgan fingerprint density at radius 2 is 2.13 bits per heavy atom. The van der Waals surface area contributed by atoms with Crippen molar-refractivity contribution in [1.82, 2.24) is 15.1 Å². The molecule has 0 saturated carbocycles. The smallest absolute Gasteiger partial charge is 0.272 e. The number of aromatic nitrogens is 2. The molecule has 6 heteroatoms. The summed E-state index contributed by atoms with van der Waals surface area (Å²) in [7, 11) is 0. The first-order valence-electron chi connectivity index (χ1n) is 7.79. The maximum atomic E-state index is 12.5. The third-order valence-corrected chi connectivity index (χ3v) is 3.57. The van der Waals surface area contributed by atoms with Crippen LogP contribution >= 0.6 is 0 Å². The molecular formula is C17H25N3O3. The average Bonchev–Trinajstić information content (AvgIpc) is 3.12. The van der Waals surface area contributed by atoms with E-state index in [-0.39, 0.29) is 24.0 Å². The van der Waals surface area contributed by atoms with E-state index in [0.717, 1.165) is 5.69 Å². The molecule has 2 rings (SSSR count). The number of carbonyl (C=O) groups is 1. The van der Waals surface area contributed by atoms with E-state index < -0.39 is 6.04 Å². The maximum absolute atomic E-state index is 12.5. The van der Waals surface area contributed by atoms with Crippen LogP contribution in [-0.4, -0.2) is 27.4 Å². The average molecular weight is 319 g/mol. The van der Waals surface area contributed by atoms with Gasteiger partial charge in [-0.2, -0.15) is 5.10 Å². The summed E-state index contributed by atoms with van der Waals surface area (Å²) in [6, 6.07) is 4.66. The Hall–Kier alpha value is -2.08. The molecule has 23 heavy (non-hydrogen) atoms. The number of hydrogen-bond acceptors (Lipinski definition) is 4. The Morgan fingerprint density at radius 3 is 2.57 bits per heavy atom. The molecule has 0 aliphatic rings. The van der Waals surface area contributed by atoms with Gasteiger partial charge in [0.15, 0.2) is 0 Å². The van der Waals surface area contributed by atoms with E-state index >= 15 is 0 Å². The Labute approximate surface area is 136 Å². The van der Waals surface area contributed by atoms with Gasteiger partial charge in [-0.1, -0.05) is 13.8 Å². The normalized spacial score (nSPS) is 13.3. The van der Waals surface area contributed by atoms with Crippen molar-refractivity contribution >= 4 is 5.91 Å². The van der Waals surface area contributed by atoms with Crippen molar-refractivity contribution in [3.8, 4) is 0 Å². The number of nitrogens with one attached hydrogen (secondary N) is 1. The number of aliphatic hydroxyl groups excluding tert-OH is 1. The summed E-state index contributed by atoms with van der Waals surface area (Å²) in [5, 5.41) is 16.7. The highest BCUT2D eigenvalue weighted by Gasteiger charge is 2.25. The standard InChI is InChI=1S/C17H25N3O3/c1-11(2)14-9-12(19-20(14)17(3,4)5)16(22)18-13(10-21)15-7-6-8-23-15/h6-9,11,13,21H,10H2,1-5H3,(H,18,22). The second kappa shape index (κ2) is 6.58. The number of rotatable bonds is 5. The second-order valence-corrected chi connectivity index (χ2v) is 6.92. The molecule has 0 aliphatic heterocycles. The van der Waals surface area contributed by atoms with E-state index in [1.807, 2.05) is 31.5 Å². The molecule has 0 aromatic carbocycles. The molecule has 1 amide bonds. The van der Waals surface area contributed by atoms with Crippen molar-refractivity contribution in [2.24, 2.45) is 0 Å². The molecule has 1 atom stereocenters. The minimum Gasteiger partial charge on any atom is -0.467 e. The first-order valence-corrected chi connectivity index (χ1v) is 7.79. The van der Waals surface area contributed by atoms with Crippen LogP contribution in [-0.2, 0) is 5.54 Å². The van der Waals surface area contributed by atoms with Crippen molar-refractivity contribution in [2.45, 2.75) is 52.1 Å². The van der Waals surface area contributed by atoms with Gasteiger partial charge in [0.2, 0.25) is 0 Å². The Balaban J connectivity index is 2.26. The summed E-state index contributed by atoms with van der Waals surface area (Å²) >= 11 is 0. The van der Waals surface area contributed by atoms with Crippen LogP contribution < -0.4 is 5.32 Å².